The number of hydrogen-bond acceptors (Lipinski definition) is 6. The molecule has 1 fully saturated rings. The van der Waals surface area contributed by atoms with Gasteiger partial charge in [0.2, 0.25) is 5.91 Å². The van der Waals surface area contributed by atoms with Crippen LogP contribution in [0.4, 0.5) is 0 Å². The van der Waals surface area contributed by atoms with Crippen molar-refractivity contribution in [2.75, 3.05) is 20.2 Å². The fraction of sp³-hybridized carbons (Fsp3) is 0.370. The molecule has 3 heterocycles. The van der Waals surface area contributed by atoms with E-state index in [0.29, 0.717) is 12.4 Å². The summed E-state index contributed by atoms with van der Waals surface area (Å²) in [6.07, 6.45) is 14.9. The van der Waals surface area contributed by atoms with Crippen LogP contribution in [0.15, 0.2) is 61.4 Å². The SMILES string of the molecule is CN(CCO)C(=O)C1CCC(n2cc(-c3cnc(-c4cccc(-c5cnn(C)c5)c4)nc3)cn2)CC1. The standard InChI is InChI=1S/C27H31N7O2/c1-32(10-11-35)27(36)19-6-8-25(9-7-19)34-18-24(16-31-34)22-13-28-26(29-14-22)21-5-3-4-20(12-21)23-15-30-33(2)17-23/h3-5,12-19,25,35H,6-11H2,1-2H3. The zero-order valence-electron chi connectivity index (χ0n) is 20.7. The Bertz CT molecular complexity index is 1320. The lowest BCUT2D eigenvalue weighted by atomic mass is 9.85. The highest BCUT2D eigenvalue weighted by Gasteiger charge is 2.29. The molecule has 9 nitrogen and oxygen atoms in total. The Morgan fingerprint density at radius 1 is 0.944 bits per heavy atom. The van der Waals surface area contributed by atoms with Crippen LogP contribution in [0.3, 0.4) is 0 Å². The third kappa shape index (κ3) is 5.06. The average molecular weight is 486 g/mol. The van der Waals surface area contributed by atoms with Crippen molar-refractivity contribution in [3.05, 3.63) is 61.4 Å². The van der Waals surface area contributed by atoms with Crippen molar-refractivity contribution >= 4 is 5.91 Å². The number of nitrogens with zero attached hydrogens (tertiary/aromatic N) is 7. The number of rotatable bonds is 7. The van der Waals surface area contributed by atoms with E-state index >= 15 is 0 Å². The van der Waals surface area contributed by atoms with E-state index in [-0.39, 0.29) is 24.5 Å². The first-order valence-corrected chi connectivity index (χ1v) is 12.3. The topological polar surface area (TPSA) is 102 Å². The second-order valence-electron chi connectivity index (χ2n) is 9.48. The largest absolute Gasteiger partial charge is 0.395 e. The van der Waals surface area contributed by atoms with Gasteiger partial charge < -0.3 is 10.0 Å². The van der Waals surface area contributed by atoms with Gasteiger partial charge >= 0.3 is 0 Å². The third-order valence-corrected chi connectivity index (χ3v) is 6.98. The summed E-state index contributed by atoms with van der Waals surface area (Å²) in [4.78, 5) is 23.4. The van der Waals surface area contributed by atoms with Crippen LogP contribution in [0.25, 0.3) is 33.6 Å². The quantitative estimate of drug-likeness (QED) is 0.429. The molecule has 1 aromatic carbocycles. The van der Waals surface area contributed by atoms with Gasteiger partial charge in [-0.2, -0.15) is 10.2 Å². The van der Waals surface area contributed by atoms with Crippen molar-refractivity contribution < 1.29 is 9.90 Å². The molecule has 0 bridgehead atoms. The van der Waals surface area contributed by atoms with Gasteiger partial charge in [0.05, 0.1) is 25.0 Å². The minimum atomic E-state index is -0.00384. The van der Waals surface area contributed by atoms with E-state index in [1.54, 1.807) is 16.6 Å². The Morgan fingerprint density at radius 3 is 2.33 bits per heavy atom. The fourth-order valence-electron chi connectivity index (χ4n) is 4.88. The third-order valence-electron chi connectivity index (χ3n) is 6.98. The van der Waals surface area contributed by atoms with E-state index in [2.05, 4.69) is 32.3 Å². The number of carbonyl (C=O) groups is 1. The predicted molar refractivity (Wildman–Crippen MR) is 137 cm³/mol. The summed E-state index contributed by atoms with van der Waals surface area (Å²) in [6.45, 7) is 0.383. The van der Waals surface area contributed by atoms with Gasteiger partial charge in [0, 0.05) is 73.6 Å². The number of aromatic nitrogens is 6. The molecule has 0 unspecified atom stereocenters. The molecular formula is C27H31N7O2. The number of aryl methyl sites for hydroxylation is 1. The van der Waals surface area contributed by atoms with E-state index in [1.165, 1.54) is 0 Å². The Balaban J connectivity index is 1.24. The molecule has 5 rings (SSSR count). The number of aliphatic hydroxyl groups excluding tert-OH is 1. The van der Waals surface area contributed by atoms with Gasteiger partial charge in [0.1, 0.15) is 0 Å². The highest BCUT2D eigenvalue weighted by Crippen LogP contribution is 2.34. The zero-order chi connectivity index (χ0) is 25.1. The molecule has 4 aromatic rings. The summed E-state index contributed by atoms with van der Waals surface area (Å²) in [6, 6.07) is 8.43. The summed E-state index contributed by atoms with van der Waals surface area (Å²) in [7, 11) is 3.66. The van der Waals surface area contributed by atoms with Crippen LogP contribution in [0, 0.1) is 5.92 Å². The Kier molecular flexibility index (Phi) is 6.90. The zero-order valence-corrected chi connectivity index (χ0v) is 20.7. The van der Waals surface area contributed by atoms with Crippen molar-refractivity contribution in [3.8, 4) is 33.6 Å². The minimum absolute atomic E-state index is 0.00384. The van der Waals surface area contributed by atoms with E-state index in [0.717, 1.165) is 53.5 Å². The minimum Gasteiger partial charge on any atom is -0.395 e. The molecule has 9 heteroatoms. The number of likely N-dealkylation sites (N-methyl/N-ethyl adjacent to an activating group) is 1. The highest BCUT2D eigenvalue weighted by atomic mass is 16.3. The van der Waals surface area contributed by atoms with Gasteiger partial charge in [0.15, 0.2) is 5.82 Å². The first-order valence-electron chi connectivity index (χ1n) is 12.3. The second-order valence-corrected chi connectivity index (χ2v) is 9.48. The number of hydrogen-bond donors (Lipinski definition) is 1. The summed E-state index contributed by atoms with van der Waals surface area (Å²) in [5.41, 5.74) is 4.98. The maximum Gasteiger partial charge on any atom is 0.225 e. The van der Waals surface area contributed by atoms with Gasteiger partial charge in [-0.1, -0.05) is 18.2 Å². The van der Waals surface area contributed by atoms with Gasteiger partial charge in [-0.15, -0.1) is 0 Å². The predicted octanol–water partition coefficient (Wildman–Crippen LogP) is 3.59. The van der Waals surface area contributed by atoms with E-state index in [9.17, 15) is 4.79 Å². The molecule has 0 radical (unpaired) electrons. The summed E-state index contributed by atoms with van der Waals surface area (Å²) in [5, 5.41) is 17.9. The van der Waals surface area contributed by atoms with Crippen LogP contribution < -0.4 is 0 Å². The van der Waals surface area contributed by atoms with Crippen molar-refractivity contribution in [1.29, 1.82) is 0 Å². The molecule has 0 spiro atoms. The Labute approximate surface area is 210 Å². The first-order chi connectivity index (χ1) is 17.5. The molecule has 1 saturated carbocycles. The van der Waals surface area contributed by atoms with Crippen LogP contribution in [0.2, 0.25) is 0 Å². The molecular weight excluding hydrogens is 454 g/mol. The summed E-state index contributed by atoms with van der Waals surface area (Å²) >= 11 is 0. The Hall–Kier alpha value is -3.85. The van der Waals surface area contributed by atoms with Gasteiger partial charge in [-0.3, -0.25) is 14.2 Å². The number of benzene rings is 1. The van der Waals surface area contributed by atoms with Crippen molar-refractivity contribution in [1.82, 2.24) is 34.4 Å². The monoisotopic (exact) mass is 485 g/mol. The molecule has 1 aliphatic carbocycles. The van der Waals surface area contributed by atoms with Crippen molar-refractivity contribution in [3.63, 3.8) is 0 Å². The molecule has 1 N–H and O–H groups in total. The molecule has 3 aromatic heterocycles. The van der Waals surface area contributed by atoms with Crippen LogP contribution >= 0.6 is 0 Å². The number of aliphatic hydroxyl groups is 1. The van der Waals surface area contributed by atoms with E-state index in [1.807, 2.05) is 61.0 Å². The van der Waals surface area contributed by atoms with E-state index in [4.69, 9.17) is 5.11 Å². The fourth-order valence-corrected chi connectivity index (χ4v) is 4.88. The maximum absolute atomic E-state index is 12.5. The average Bonchev–Trinajstić information content (AvgIpc) is 3.58. The van der Waals surface area contributed by atoms with Crippen molar-refractivity contribution in [2.45, 2.75) is 31.7 Å². The summed E-state index contributed by atoms with van der Waals surface area (Å²) in [5.74, 6) is 0.836. The second kappa shape index (κ2) is 10.4. The van der Waals surface area contributed by atoms with Crippen molar-refractivity contribution in [2.24, 2.45) is 13.0 Å². The van der Waals surface area contributed by atoms with Gasteiger partial charge in [-0.25, -0.2) is 9.97 Å². The molecule has 1 aliphatic rings. The molecule has 186 valence electrons. The maximum atomic E-state index is 12.5. The van der Waals surface area contributed by atoms with Gasteiger partial charge in [-0.05, 0) is 37.3 Å². The van der Waals surface area contributed by atoms with Crippen LogP contribution in [-0.2, 0) is 11.8 Å². The number of carbonyl (C=O) groups excluding carboxylic acids is 1. The lowest BCUT2D eigenvalue weighted by Crippen LogP contribution is -2.36. The normalized spacial score (nSPS) is 17.8. The van der Waals surface area contributed by atoms with E-state index < -0.39 is 0 Å². The van der Waals surface area contributed by atoms with Crippen LogP contribution in [0.1, 0.15) is 31.7 Å². The molecule has 0 saturated heterocycles. The smallest absolute Gasteiger partial charge is 0.225 e. The molecule has 36 heavy (non-hydrogen) atoms. The molecule has 0 aliphatic heterocycles. The molecule has 0 atom stereocenters. The first kappa shape index (κ1) is 23.9. The molecule has 1 amide bonds. The van der Waals surface area contributed by atoms with Crippen LogP contribution in [-0.4, -0.2) is 65.6 Å². The summed E-state index contributed by atoms with van der Waals surface area (Å²) < 4.78 is 3.80. The lowest BCUT2D eigenvalue weighted by Gasteiger charge is -2.30. The lowest BCUT2D eigenvalue weighted by molar-refractivity contribution is -0.135. The van der Waals surface area contributed by atoms with Crippen LogP contribution in [0.5, 0.6) is 0 Å². The highest BCUT2D eigenvalue weighted by molar-refractivity contribution is 5.78. The van der Waals surface area contributed by atoms with Gasteiger partial charge in [0.25, 0.3) is 0 Å². The number of amides is 1. The Morgan fingerprint density at radius 2 is 1.64 bits per heavy atom.